The quantitative estimate of drug-likeness (QED) is 0.812. The van der Waals surface area contributed by atoms with Crippen molar-refractivity contribution in [1.82, 2.24) is 0 Å². The number of benzene rings is 1. The van der Waals surface area contributed by atoms with E-state index < -0.39 is 0 Å². The summed E-state index contributed by atoms with van der Waals surface area (Å²) in [6.07, 6.45) is 1.79. The second kappa shape index (κ2) is 7.62. The molecule has 1 rings (SSSR count). The highest BCUT2D eigenvalue weighted by atomic mass is 35.5. The third-order valence-corrected chi connectivity index (χ3v) is 3.31. The number of carbonyl (C=O) groups excluding carboxylic acids is 1. The van der Waals surface area contributed by atoms with E-state index in [1.165, 1.54) is 0 Å². The fraction of sp³-hybridized carbons (Fsp3) is 0.462. The molecule has 0 bridgehead atoms. The Balaban J connectivity index is 2.43. The summed E-state index contributed by atoms with van der Waals surface area (Å²) in [5.41, 5.74) is 6.94. The molecule has 0 aromatic heterocycles. The zero-order chi connectivity index (χ0) is 13.5. The summed E-state index contributed by atoms with van der Waals surface area (Å²) in [6.45, 7) is 2.21. The van der Waals surface area contributed by atoms with Crippen molar-refractivity contribution in [2.45, 2.75) is 32.2 Å². The number of rotatable bonds is 6. The van der Waals surface area contributed by atoms with Crippen LogP contribution in [0.4, 0.5) is 0 Å². The zero-order valence-corrected chi connectivity index (χ0v) is 11.8. The van der Waals surface area contributed by atoms with Crippen molar-refractivity contribution in [1.29, 1.82) is 0 Å². The molecule has 0 spiro atoms. The number of halogens is 2. The van der Waals surface area contributed by atoms with E-state index in [-0.39, 0.29) is 12.0 Å². The van der Waals surface area contributed by atoms with Gasteiger partial charge in [-0.15, -0.1) is 0 Å². The highest BCUT2D eigenvalue weighted by Gasteiger charge is 2.09. The Labute approximate surface area is 117 Å². The van der Waals surface area contributed by atoms with Gasteiger partial charge in [-0.05, 0) is 37.5 Å². The maximum absolute atomic E-state index is 11.2. The van der Waals surface area contributed by atoms with E-state index in [9.17, 15) is 4.79 Å². The van der Waals surface area contributed by atoms with Crippen molar-refractivity contribution >= 4 is 29.2 Å². The van der Waals surface area contributed by atoms with Gasteiger partial charge in [0.05, 0.1) is 16.7 Å². The molecule has 0 aliphatic carbocycles. The highest BCUT2D eigenvalue weighted by molar-refractivity contribution is 6.42. The summed E-state index contributed by atoms with van der Waals surface area (Å²) in [4.78, 5) is 11.2. The topological polar surface area (TPSA) is 52.3 Å². The second-order valence-corrected chi connectivity index (χ2v) is 4.79. The first-order valence-electron chi connectivity index (χ1n) is 5.90. The summed E-state index contributed by atoms with van der Waals surface area (Å²) in [5.74, 6) is -0.182. The van der Waals surface area contributed by atoms with E-state index in [0.29, 0.717) is 35.9 Å². The lowest BCUT2D eigenvalue weighted by atomic mass is 10.0. The summed E-state index contributed by atoms with van der Waals surface area (Å²) in [6, 6.07) is 5.20. The minimum Gasteiger partial charge on any atom is -0.466 e. The third-order valence-electron chi connectivity index (χ3n) is 2.57. The van der Waals surface area contributed by atoms with Gasteiger partial charge in [0.25, 0.3) is 0 Å². The molecule has 3 nitrogen and oxygen atoms in total. The molecule has 0 radical (unpaired) electrons. The number of esters is 1. The number of ether oxygens (including phenoxy) is 1. The van der Waals surface area contributed by atoms with Crippen LogP contribution in [-0.4, -0.2) is 12.6 Å². The van der Waals surface area contributed by atoms with Crippen LogP contribution in [0.1, 0.15) is 37.8 Å². The van der Waals surface area contributed by atoms with Gasteiger partial charge in [-0.1, -0.05) is 29.3 Å². The van der Waals surface area contributed by atoms with Crippen LogP contribution in [0.15, 0.2) is 18.2 Å². The number of hydrogen-bond donors (Lipinski definition) is 1. The van der Waals surface area contributed by atoms with E-state index in [4.69, 9.17) is 33.7 Å². The Morgan fingerprint density at radius 1 is 1.39 bits per heavy atom. The van der Waals surface area contributed by atoms with Crippen LogP contribution in [0, 0.1) is 0 Å². The normalized spacial score (nSPS) is 12.2. The van der Waals surface area contributed by atoms with E-state index in [1.807, 2.05) is 6.07 Å². The molecular formula is C13H17Cl2NO2. The average molecular weight is 290 g/mol. The van der Waals surface area contributed by atoms with Gasteiger partial charge in [0.2, 0.25) is 0 Å². The molecule has 0 aliphatic rings. The Morgan fingerprint density at radius 2 is 2.11 bits per heavy atom. The summed E-state index contributed by atoms with van der Waals surface area (Å²) < 4.78 is 4.85. The lowest BCUT2D eigenvalue weighted by Crippen LogP contribution is -2.11. The molecule has 1 atom stereocenters. The van der Waals surface area contributed by atoms with Crippen LogP contribution in [0.25, 0.3) is 0 Å². The van der Waals surface area contributed by atoms with E-state index >= 15 is 0 Å². The SMILES string of the molecule is CCOC(=O)CCCC(N)c1ccc(Cl)c(Cl)c1. The molecule has 5 heteroatoms. The molecule has 18 heavy (non-hydrogen) atoms. The van der Waals surface area contributed by atoms with E-state index in [1.54, 1.807) is 19.1 Å². The molecule has 1 unspecified atom stereocenters. The van der Waals surface area contributed by atoms with Crippen LogP contribution in [0.5, 0.6) is 0 Å². The van der Waals surface area contributed by atoms with Crippen LogP contribution >= 0.6 is 23.2 Å². The molecular weight excluding hydrogens is 273 g/mol. The van der Waals surface area contributed by atoms with Crippen molar-refractivity contribution in [3.05, 3.63) is 33.8 Å². The van der Waals surface area contributed by atoms with Crippen molar-refractivity contribution in [2.24, 2.45) is 5.73 Å². The Hall–Kier alpha value is -0.770. The monoisotopic (exact) mass is 289 g/mol. The van der Waals surface area contributed by atoms with Gasteiger partial charge < -0.3 is 10.5 Å². The van der Waals surface area contributed by atoms with Gasteiger partial charge in [-0.3, -0.25) is 4.79 Å². The zero-order valence-electron chi connectivity index (χ0n) is 10.3. The molecule has 0 saturated carbocycles. The maximum atomic E-state index is 11.2. The molecule has 0 heterocycles. The fourth-order valence-electron chi connectivity index (χ4n) is 1.61. The first-order chi connectivity index (χ1) is 8.54. The van der Waals surface area contributed by atoms with Gasteiger partial charge in [-0.2, -0.15) is 0 Å². The number of nitrogens with two attached hydrogens (primary N) is 1. The smallest absolute Gasteiger partial charge is 0.305 e. The van der Waals surface area contributed by atoms with Gasteiger partial charge in [0, 0.05) is 12.5 Å². The predicted octanol–water partition coefficient (Wildman–Crippen LogP) is 3.73. The minimum atomic E-state index is -0.182. The molecule has 0 saturated heterocycles. The van der Waals surface area contributed by atoms with Gasteiger partial charge in [0.1, 0.15) is 0 Å². The summed E-state index contributed by atoms with van der Waals surface area (Å²) >= 11 is 11.8. The molecule has 0 fully saturated rings. The summed E-state index contributed by atoms with van der Waals surface area (Å²) in [5, 5.41) is 1.01. The molecule has 100 valence electrons. The molecule has 0 amide bonds. The molecule has 1 aromatic carbocycles. The molecule has 0 aliphatic heterocycles. The predicted molar refractivity (Wildman–Crippen MR) is 73.9 cm³/mol. The molecule has 2 N–H and O–H groups in total. The van der Waals surface area contributed by atoms with Crippen molar-refractivity contribution in [3.63, 3.8) is 0 Å². The Kier molecular flexibility index (Phi) is 6.47. The first-order valence-corrected chi connectivity index (χ1v) is 6.66. The third kappa shape index (κ3) is 4.84. The van der Waals surface area contributed by atoms with Gasteiger partial charge in [0.15, 0.2) is 0 Å². The first kappa shape index (κ1) is 15.3. The van der Waals surface area contributed by atoms with Gasteiger partial charge in [-0.25, -0.2) is 0 Å². The van der Waals surface area contributed by atoms with Crippen LogP contribution in [0.3, 0.4) is 0 Å². The van der Waals surface area contributed by atoms with Crippen molar-refractivity contribution < 1.29 is 9.53 Å². The largest absolute Gasteiger partial charge is 0.466 e. The second-order valence-electron chi connectivity index (χ2n) is 3.98. The van der Waals surface area contributed by atoms with Crippen LogP contribution in [-0.2, 0) is 9.53 Å². The lowest BCUT2D eigenvalue weighted by molar-refractivity contribution is -0.143. The van der Waals surface area contributed by atoms with Crippen molar-refractivity contribution in [2.75, 3.05) is 6.61 Å². The standard InChI is InChI=1S/C13H17Cl2NO2/c1-2-18-13(17)5-3-4-12(16)9-6-7-10(14)11(15)8-9/h6-8,12H,2-5,16H2,1H3. The number of hydrogen-bond acceptors (Lipinski definition) is 3. The van der Waals surface area contributed by atoms with E-state index in [2.05, 4.69) is 0 Å². The van der Waals surface area contributed by atoms with Crippen LogP contribution < -0.4 is 5.73 Å². The number of carbonyl (C=O) groups is 1. The highest BCUT2D eigenvalue weighted by Crippen LogP contribution is 2.26. The lowest BCUT2D eigenvalue weighted by Gasteiger charge is -2.12. The fourth-order valence-corrected chi connectivity index (χ4v) is 1.92. The van der Waals surface area contributed by atoms with Crippen molar-refractivity contribution in [3.8, 4) is 0 Å². The maximum Gasteiger partial charge on any atom is 0.305 e. The summed E-state index contributed by atoms with van der Waals surface area (Å²) in [7, 11) is 0. The van der Waals surface area contributed by atoms with Crippen LogP contribution in [0.2, 0.25) is 10.0 Å². The Morgan fingerprint density at radius 3 is 2.72 bits per heavy atom. The van der Waals surface area contributed by atoms with E-state index in [0.717, 1.165) is 5.56 Å². The Bertz CT molecular complexity index is 410. The minimum absolute atomic E-state index is 0.144. The van der Waals surface area contributed by atoms with Gasteiger partial charge >= 0.3 is 5.97 Å². The molecule has 1 aromatic rings. The average Bonchev–Trinajstić information content (AvgIpc) is 2.33.